The number of aryl methyl sites for hydroxylation is 2. The van der Waals surface area contributed by atoms with Gasteiger partial charge in [-0.15, -0.1) is 0 Å². The lowest BCUT2D eigenvalue weighted by Gasteiger charge is -2.28. The van der Waals surface area contributed by atoms with E-state index < -0.39 is 28.3 Å². The number of rotatable bonds is 5. The fourth-order valence-electron chi connectivity index (χ4n) is 2.93. The summed E-state index contributed by atoms with van der Waals surface area (Å²) in [5, 5.41) is -2.25. The van der Waals surface area contributed by atoms with Crippen LogP contribution in [0.25, 0.3) is 5.69 Å². The zero-order valence-electron chi connectivity index (χ0n) is 16.4. The molecule has 30 heavy (non-hydrogen) atoms. The Morgan fingerprint density at radius 3 is 2.40 bits per heavy atom. The van der Waals surface area contributed by atoms with Crippen molar-refractivity contribution in [2.75, 3.05) is 0 Å². The first-order valence-electron chi connectivity index (χ1n) is 8.79. The minimum atomic E-state index is -2.25. The van der Waals surface area contributed by atoms with Crippen LogP contribution in [-0.2, 0) is 5.40 Å². The predicted octanol–water partition coefficient (Wildman–Crippen LogP) is 2.25. The first-order valence-corrected chi connectivity index (χ1v) is 8.79. The van der Waals surface area contributed by atoms with Gasteiger partial charge < -0.3 is 4.74 Å². The predicted molar refractivity (Wildman–Crippen MR) is 107 cm³/mol. The van der Waals surface area contributed by atoms with Crippen molar-refractivity contribution in [2.45, 2.75) is 26.2 Å². The number of carbonyl (C=O) groups excluding carboxylic acids is 1. The zero-order chi connectivity index (χ0) is 22.2. The van der Waals surface area contributed by atoms with Gasteiger partial charge in [0.25, 0.3) is 5.56 Å². The molecule has 0 amide bonds. The molecular weight excluding hydrogens is 390 g/mol. The van der Waals surface area contributed by atoms with Crippen molar-refractivity contribution in [1.82, 2.24) is 14.5 Å². The fourth-order valence-corrected chi connectivity index (χ4v) is 2.93. The minimum absolute atomic E-state index is 0.0391. The van der Waals surface area contributed by atoms with Crippen molar-refractivity contribution >= 4 is 21.5 Å². The molecule has 3 aromatic heterocycles. The van der Waals surface area contributed by atoms with Gasteiger partial charge in [0.2, 0.25) is 0 Å². The summed E-state index contributed by atoms with van der Waals surface area (Å²) in [6.45, 7) is 4.75. The van der Waals surface area contributed by atoms with Crippen LogP contribution >= 0.6 is 0 Å². The van der Waals surface area contributed by atoms with Crippen LogP contribution in [0.1, 0.15) is 34.4 Å². The number of nitrogens with zero attached hydrogens (tertiary/aromatic N) is 3. The standard InChI is InChI=1S/C20H15B2F2N3O3/c1-10-8-25-16(12(3)28)7-17(10)27-11(2)4-14(6-18(27)29)30-20(21,22)19-15(24)5-13(23)9-26-19/h4-9H,1-3H3. The van der Waals surface area contributed by atoms with Crippen LogP contribution in [0.15, 0.2) is 41.5 Å². The molecule has 0 N–H and O–H groups in total. The Hall–Kier alpha value is -3.29. The van der Waals surface area contributed by atoms with E-state index in [1.54, 1.807) is 13.8 Å². The summed E-state index contributed by atoms with van der Waals surface area (Å²) in [4.78, 5) is 32.0. The van der Waals surface area contributed by atoms with Gasteiger partial charge in [-0.3, -0.25) is 24.1 Å². The maximum absolute atomic E-state index is 14.0. The van der Waals surface area contributed by atoms with E-state index in [4.69, 9.17) is 20.4 Å². The highest BCUT2D eigenvalue weighted by atomic mass is 19.1. The van der Waals surface area contributed by atoms with Crippen molar-refractivity contribution < 1.29 is 18.3 Å². The molecule has 0 fully saturated rings. The molecule has 3 aromatic rings. The highest BCUT2D eigenvalue weighted by molar-refractivity contribution is 6.38. The smallest absolute Gasteiger partial charge is 0.259 e. The lowest BCUT2D eigenvalue weighted by Crippen LogP contribution is -2.37. The van der Waals surface area contributed by atoms with Crippen LogP contribution in [0, 0.1) is 25.5 Å². The fraction of sp³-hybridized carbons (Fsp3) is 0.200. The lowest BCUT2D eigenvalue weighted by molar-refractivity contribution is 0.101. The van der Waals surface area contributed by atoms with Crippen LogP contribution in [0.5, 0.6) is 5.75 Å². The number of hydrogen-bond donors (Lipinski definition) is 0. The van der Waals surface area contributed by atoms with Crippen molar-refractivity contribution in [3.05, 3.63) is 81.3 Å². The largest absolute Gasteiger partial charge is 0.501 e. The quantitative estimate of drug-likeness (QED) is 0.481. The summed E-state index contributed by atoms with van der Waals surface area (Å²) in [5.74, 6) is -2.27. The number of carbonyl (C=O) groups is 1. The second kappa shape index (κ2) is 7.85. The molecule has 0 aliphatic carbocycles. The lowest BCUT2D eigenvalue weighted by atomic mass is 9.62. The summed E-state index contributed by atoms with van der Waals surface area (Å²) in [7, 11) is 11.6. The molecular formula is C20H15B2F2N3O3. The van der Waals surface area contributed by atoms with Crippen LogP contribution < -0.4 is 10.3 Å². The van der Waals surface area contributed by atoms with Gasteiger partial charge in [0, 0.05) is 30.9 Å². The third-order valence-corrected chi connectivity index (χ3v) is 4.33. The molecule has 0 aliphatic rings. The van der Waals surface area contributed by atoms with Crippen molar-refractivity contribution in [2.24, 2.45) is 0 Å². The van der Waals surface area contributed by atoms with E-state index in [1.807, 2.05) is 0 Å². The van der Waals surface area contributed by atoms with Gasteiger partial charge in [0.15, 0.2) is 5.78 Å². The SMILES string of the molecule is [B]C([B])(Oc1cc(C)n(-c2cc(C(C)=O)ncc2C)c(=O)c1)c1ncc(F)cc1F. The second-order valence-electron chi connectivity index (χ2n) is 6.80. The molecule has 0 spiro atoms. The molecule has 3 heterocycles. The molecule has 6 nitrogen and oxygen atoms in total. The van der Waals surface area contributed by atoms with E-state index in [0.717, 1.165) is 12.3 Å². The van der Waals surface area contributed by atoms with E-state index in [-0.39, 0.29) is 17.2 Å². The molecule has 0 saturated carbocycles. The normalized spacial score (nSPS) is 11.4. The Morgan fingerprint density at radius 1 is 1.10 bits per heavy atom. The third kappa shape index (κ3) is 4.17. The van der Waals surface area contributed by atoms with E-state index >= 15 is 0 Å². The van der Waals surface area contributed by atoms with Crippen LogP contribution in [0.2, 0.25) is 0 Å². The number of Topliss-reactive ketones (excluding diaryl/α,β-unsaturated/α-hetero) is 1. The number of ether oxygens (including phenoxy) is 1. The zero-order valence-corrected chi connectivity index (χ0v) is 16.4. The summed E-state index contributed by atoms with van der Waals surface area (Å²) in [6, 6.07) is 4.66. The highest BCUT2D eigenvalue weighted by Crippen LogP contribution is 2.25. The van der Waals surface area contributed by atoms with Crippen molar-refractivity contribution in [3.63, 3.8) is 0 Å². The average molecular weight is 405 g/mol. The third-order valence-electron chi connectivity index (χ3n) is 4.33. The minimum Gasteiger partial charge on any atom is -0.501 e. The Bertz CT molecular complexity index is 1210. The van der Waals surface area contributed by atoms with E-state index in [9.17, 15) is 18.4 Å². The highest BCUT2D eigenvalue weighted by Gasteiger charge is 2.28. The number of ketones is 1. The van der Waals surface area contributed by atoms with Gasteiger partial charge in [0.1, 0.15) is 44.5 Å². The van der Waals surface area contributed by atoms with Gasteiger partial charge in [-0.25, -0.2) is 8.78 Å². The molecule has 0 bridgehead atoms. The summed E-state index contributed by atoms with van der Waals surface area (Å²) >= 11 is 0. The van der Waals surface area contributed by atoms with Crippen LogP contribution in [0.3, 0.4) is 0 Å². The van der Waals surface area contributed by atoms with Gasteiger partial charge in [-0.2, -0.15) is 0 Å². The second-order valence-corrected chi connectivity index (χ2v) is 6.80. The molecule has 0 unspecified atom stereocenters. The number of aromatic nitrogens is 3. The molecule has 148 valence electrons. The van der Waals surface area contributed by atoms with Crippen molar-refractivity contribution in [1.29, 1.82) is 0 Å². The summed E-state index contributed by atoms with van der Waals surface area (Å²) in [5.41, 5.74) is 0.761. The maximum Gasteiger partial charge on any atom is 0.259 e. The van der Waals surface area contributed by atoms with Gasteiger partial charge in [-0.05, 0) is 31.5 Å². The Balaban J connectivity index is 2.02. The van der Waals surface area contributed by atoms with Crippen molar-refractivity contribution in [3.8, 4) is 11.4 Å². The number of pyridine rings is 3. The number of halogens is 2. The van der Waals surface area contributed by atoms with Crippen LogP contribution in [0.4, 0.5) is 8.78 Å². The van der Waals surface area contributed by atoms with E-state index in [0.29, 0.717) is 23.0 Å². The van der Waals surface area contributed by atoms with E-state index in [2.05, 4.69) is 9.97 Å². The molecule has 0 aliphatic heterocycles. The topological polar surface area (TPSA) is 74.1 Å². The summed E-state index contributed by atoms with van der Waals surface area (Å²) < 4.78 is 33.9. The van der Waals surface area contributed by atoms with Gasteiger partial charge >= 0.3 is 0 Å². The molecule has 10 heteroatoms. The van der Waals surface area contributed by atoms with E-state index in [1.165, 1.54) is 29.8 Å². The molecule has 0 aromatic carbocycles. The van der Waals surface area contributed by atoms with Gasteiger partial charge in [-0.1, -0.05) is 0 Å². The molecule has 0 atom stereocenters. The Kier molecular flexibility index (Phi) is 5.61. The maximum atomic E-state index is 14.0. The first kappa shape index (κ1) is 21.4. The van der Waals surface area contributed by atoms with Crippen LogP contribution in [-0.4, -0.2) is 36.0 Å². The molecule has 4 radical (unpaired) electrons. The molecule has 0 saturated heterocycles. The Morgan fingerprint density at radius 2 is 1.80 bits per heavy atom. The monoisotopic (exact) mass is 405 g/mol. The first-order chi connectivity index (χ1) is 14.0. The molecule has 3 rings (SSSR count). The average Bonchev–Trinajstić information content (AvgIpc) is 2.61. The number of hydrogen-bond acceptors (Lipinski definition) is 5. The Labute approximate surface area is 173 Å². The summed E-state index contributed by atoms with van der Waals surface area (Å²) in [6.07, 6.45) is 2.24. The van der Waals surface area contributed by atoms with Gasteiger partial charge in [0.05, 0.1) is 17.3 Å².